The molecular formula is C14H12F2. The second-order valence-corrected chi connectivity index (χ2v) is 3.07. The van der Waals surface area contributed by atoms with Gasteiger partial charge in [0.05, 0.1) is 0 Å². The lowest BCUT2D eigenvalue weighted by Gasteiger charge is -1.98. The summed E-state index contributed by atoms with van der Waals surface area (Å²) in [7, 11) is 0. The van der Waals surface area contributed by atoms with Gasteiger partial charge >= 0.3 is 0 Å². The Morgan fingerprint density at radius 1 is 0.688 bits per heavy atom. The zero-order chi connectivity index (χ0) is 11.8. The largest absolute Gasteiger partial charge is 0.263 e. The van der Waals surface area contributed by atoms with E-state index < -0.39 is 6.08 Å². The molecule has 0 aliphatic heterocycles. The molecule has 0 radical (unpaired) electrons. The Morgan fingerprint density at radius 2 is 0.938 bits per heavy atom. The van der Waals surface area contributed by atoms with E-state index >= 15 is 0 Å². The van der Waals surface area contributed by atoms with Crippen LogP contribution < -0.4 is 0 Å². The van der Waals surface area contributed by atoms with Gasteiger partial charge in [-0.25, -0.2) is 0 Å². The molecule has 0 saturated heterocycles. The molecule has 0 heterocycles. The Labute approximate surface area is 93.9 Å². The van der Waals surface area contributed by atoms with Crippen molar-refractivity contribution in [2.75, 3.05) is 0 Å². The second kappa shape index (κ2) is 6.51. The van der Waals surface area contributed by atoms with Crippen LogP contribution in [0.15, 0.2) is 73.3 Å². The highest BCUT2D eigenvalue weighted by Gasteiger charge is 1.91. The van der Waals surface area contributed by atoms with Crippen molar-refractivity contribution in [3.05, 3.63) is 73.3 Å². The number of benzene rings is 2. The second-order valence-electron chi connectivity index (χ2n) is 3.07. The van der Waals surface area contributed by atoms with Crippen molar-refractivity contribution in [3.63, 3.8) is 0 Å². The normalized spacial score (nSPS) is 8.88. The summed E-state index contributed by atoms with van der Waals surface area (Å²) in [6, 6.07) is 20.8. The molecule has 2 rings (SSSR count). The topological polar surface area (TPSA) is 0 Å². The fourth-order valence-corrected chi connectivity index (χ4v) is 1.26. The minimum Gasteiger partial charge on any atom is -0.174 e. The van der Waals surface area contributed by atoms with Crippen molar-refractivity contribution in [2.45, 2.75) is 0 Å². The highest BCUT2D eigenvalue weighted by atomic mass is 19.3. The SMILES string of the molecule is C=C(F)F.c1ccc(-c2ccccc2)cc1. The molecule has 0 bridgehead atoms. The van der Waals surface area contributed by atoms with Gasteiger partial charge in [-0.15, -0.1) is 0 Å². The summed E-state index contributed by atoms with van der Waals surface area (Å²) in [5.74, 6) is 0. The Balaban J connectivity index is 0.000000280. The molecule has 0 unspecified atom stereocenters. The third kappa shape index (κ3) is 4.51. The molecule has 2 heteroatoms. The van der Waals surface area contributed by atoms with E-state index in [0.717, 1.165) is 0 Å². The summed E-state index contributed by atoms with van der Waals surface area (Å²) in [6.07, 6.45) is -1.83. The molecule has 0 spiro atoms. The van der Waals surface area contributed by atoms with Crippen molar-refractivity contribution < 1.29 is 8.78 Å². The van der Waals surface area contributed by atoms with E-state index in [2.05, 4.69) is 55.1 Å². The van der Waals surface area contributed by atoms with Gasteiger partial charge in [-0.05, 0) is 17.7 Å². The summed E-state index contributed by atoms with van der Waals surface area (Å²) in [4.78, 5) is 0. The quantitative estimate of drug-likeness (QED) is 0.648. The van der Waals surface area contributed by atoms with Crippen LogP contribution in [0, 0.1) is 0 Å². The van der Waals surface area contributed by atoms with Crippen LogP contribution in [-0.2, 0) is 0 Å². The molecule has 2 aromatic carbocycles. The van der Waals surface area contributed by atoms with E-state index in [-0.39, 0.29) is 0 Å². The van der Waals surface area contributed by atoms with Gasteiger partial charge in [-0.3, -0.25) is 0 Å². The van der Waals surface area contributed by atoms with Gasteiger partial charge in [0.2, 0.25) is 0 Å². The first-order valence-electron chi connectivity index (χ1n) is 4.80. The lowest BCUT2D eigenvalue weighted by atomic mass is 10.1. The van der Waals surface area contributed by atoms with Gasteiger partial charge in [-0.1, -0.05) is 60.7 Å². The first-order chi connectivity index (χ1) is 7.70. The van der Waals surface area contributed by atoms with Crippen LogP contribution in [-0.4, -0.2) is 0 Å². The van der Waals surface area contributed by atoms with Gasteiger partial charge in [0, 0.05) is 0 Å². The summed E-state index contributed by atoms with van der Waals surface area (Å²) in [6.45, 7) is 2.22. The summed E-state index contributed by atoms with van der Waals surface area (Å²) < 4.78 is 20.3. The van der Waals surface area contributed by atoms with Crippen molar-refractivity contribution in [1.29, 1.82) is 0 Å². The van der Waals surface area contributed by atoms with E-state index in [1.54, 1.807) is 0 Å². The van der Waals surface area contributed by atoms with Crippen LogP contribution in [0.25, 0.3) is 11.1 Å². The maximum absolute atomic E-state index is 10.1. The first-order valence-corrected chi connectivity index (χ1v) is 4.80. The molecule has 0 atom stereocenters. The lowest BCUT2D eigenvalue weighted by molar-refractivity contribution is 0.426. The Bertz CT molecular complexity index is 380. The van der Waals surface area contributed by atoms with Crippen LogP contribution in [0.1, 0.15) is 0 Å². The van der Waals surface area contributed by atoms with Crippen LogP contribution in [0.4, 0.5) is 8.78 Å². The number of rotatable bonds is 1. The van der Waals surface area contributed by atoms with Crippen molar-refractivity contribution in [2.24, 2.45) is 0 Å². The first kappa shape index (κ1) is 12.1. The molecule has 2 aromatic rings. The zero-order valence-corrected chi connectivity index (χ0v) is 8.74. The summed E-state index contributed by atoms with van der Waals surface area (Å²) in [5.41, 5.74) is 2.55. The lowest BCUT2D eigenvalue weighted by Crippen LogP contribution is -1.73. The third-order valence-corrected chi connectivity index (χ3v) is 1.88. The molecular weight excluding hydrogens is 206 g/mol. The Hall–Kier alpha value is -1.96. The van der Waals surface area contributed by atoms with Crippen LogP contribution in [0.3, 0.4) is 0 Å². The monoisotopic (exact) mass is 218 g/mol. The molecule has 16 heavy (non-hydrogen) atoms. The van der Waals surface area contributed by atoms with Crippen LogP contribution >= 0.6 is 0 Å². The molecule has 0 amide bonds. The van der Waals surface area contributed by atoms with Crippen molar-refractivity contribution in [3.8, 4) is 11.1 Å². The minimum absolute atomic E-state index is 1.28. The van der Waals surface area contributed by atoms with Crippen LogP contribution in [0.2, 0.25) is 0 Å². The maximum Gasteiger partial charge on any atom is 0.263 e. The highest BCUT2D eigenvalue weighted by molar-refractivity contribution is 5.62. The number of halogens is 2. The predicted octanol–water partition coefficient (Wildman–Crippen LogP) is 4.75. The van der Waals surface area contributed by atoms with Crippen LogP contribution in [0.5, 0.6) is 0 Å². The van der Waals surface area contributed by atoms with E-state index in [1.807, 2.05) is 12.1 Å². The zero-order valence-electron chi connectivity index (χ0n) is 8.74. The van der Waals surface area contributed by atoms with Gasteiger partial charge in [-0.2, -0.15) is 8.78 Å². The minimum atomic E-state index is -1.83. The Morgan fingerprint density at radius 3 is 1.19 bits per heavy atom. The van der Waals surface area contributed by atoms with Gasteiger partial charge in [0.15, 0.2) is 0 Å². The fraction of sp³-hybridized carbons (Fsp3) is 0. The number of hydrogen-bond donors (Lipinski definition) is 0. The van der Waals surface area contributed by atoms with Gasteiger partial charge in [0.1, 0.15) is 0 Å². The van der Waals surface area contributed by atoms with E-state index in [1.165, 1.54) is 11.1 Å². The molecule has 0 aromatic heterocycles. The summed E-state index contributed by atoms with van der Waals surface area (Å²) >= 11 is 0. The molecule has 0 aliphatic carbocycles. The van der Waals surface area contributed by atoms with Gasteiger partial charge < -0.3 is 0 Å². The van der Waals surface area contributed by atoms with E-state index in [4.69, 9.17) is 0 Å². The molecule has 0 fully saturated rings. The predicted molar refractivity (Wildman–Crippen MR) is 63.2 cm³/mol. The molecule has 0 aliphatic rings. The Kier molecular flexibility index (Phi) is 4.93. The van der Waals surface area contributed by atoms with E-state index in [9.17, 15) is 8.78 Å². The fourth-order valence-electron chi connectivity index (χ4n) is 1.26. The maximum atomic E-state index is 10.1. The van der Waals surface area contributed by atoms with Gasteiger partial charge in [0.25, 0.3) is 6.08 Å². The molecule has 82 valence electrons. The standard InChI is InChI=1S/C12H10.C2H2F2/c1-3-7-11(8-4-1)12-9-5-2-6-10-12;1-2(3)4/h1-10H;1H2. The van der Waals surface area contributed by atoms with Crippen molar-refractivity contribution in [1.82, 2.24) is 0 Å². The molecule has 0 N–H and O–H groups in total. The number of hydrogen-bond acceptors (Lipinski definition) is 0. The molecule has 0 saturated carbocycles. The smallest absolute Gasteiger partial charge is 0.174 e. The summed E-state index contributed by atoms with van der Waals surface area (Å²) in [5, 5.41) is 0. The highest BCUT2D eigenvalue weighted by Crippen LogP contribution is 2.17. The molecule has 0 nitrogen and oxygen atoms in total. The van der Waals surface area contributed by atoms with Crippen molar-refractivity contribution >= 4 is 0 Å². The average molecular weight is 218 g/mol. The van der Waals surface area contributed by atoms with E-state index in [0.29, 0.717) is 0 Å². The third-order valence-electron chi connectivity index (χ3n) is 1.88. The average Bonchev–Trinajstić information content (AvgIpc) is 2.31.